The summed E-state index contributed by atoms with van der Waals surface area (Å²) in [5.74, 6) is 1.50. The summed E-state index contributed by atoms with van der Waals surface area (Å²) < 4.78 is 30.9. The van der Waals surface area contributed by atoms with Gasteiger partial charge in [0.1, 0.15) is 5.75 Å². The van der Waals surface area contributed by atoms with Gasteiger partial charge in [-0.2, -0.15) is 0 Å². The Balaban J connectivity index is 1.55. The highest BCUT2D eigenvalue weighted by Gasteiger charge is 2.51. The number of benzene rings is 1. The van der Waals surface area contributed by atoms with Gasteiger partial charge in [-0.25, -0.2) is 12.7 Å². The lowest BCUT2D eigenvalue weighted by molar-refractivity contribution is -0.00613. The molecule has 3 unspecified atom stereocenters. The molecule has 30 heavy (non-hydrogen) atoms. The predicted octanol–water partition coefficient (Wildman–Crippen LogP) is 2.19. The molecule has 3 aliphatic rings. The fourth-order valence-electron chi connectivity index (χ4n) is 6.29. The van der Waals surface area contributed by atoms with Crippen molar-refractivity contribution in [1.82, 2.24) is 14.1 Å². The molecule has 2 bridgehead atoms. The van der Waals surface area contributed by atoms with Gasteiger partial charge in [0.05, 0.1) is 13.4 Å². The van der Waals surface area contributed by atoms with E-state index in [1.54, 1.807) is 11.4 Å². The van der Waals surface area contributed by atoms with E-state index < -0.39 is 10.0 Å². The Morgan fingerprint density at radius 1 is 1.23 bits per heavy atom. The predicted molar refractivity (Wildman–Crippen MR) is 121 cm³/mol. The maximum atomic E-state index is 11.8. The highest BCUT2D eigenvalue weighted by molar-refractivity contribution is 7.88. The van der Waals surface area contributed by atoms with Crippen molar-refractivity contribution in [3.63, 3.8) is 0 Å². The number of hydrogen-bond acceptors (Lipinski definition) is 5. The summed E-state index contributed by atoms with van der Waals surface area (Å²) in [4.78, 5) is 5.13. The molecule has 7 heteroatoms. The van der Waals surface area contributed by atoms with E-state index in [2.05, 4.69) is 49.0 Å². The molecule has 0 saturated carbocycles. The van der Waals surface area contributed by atoms with Crippen molar-refractivity contribution >= 4 is 10.0 Å². The average Bonchev–Trinajstić information content (AvgIpc) is 2.70. The van der Waals surface area contributed by atoms with Gasteiger partial charge in [0, 0.05) is 37.1 Å². The molecule has 168 valence electrons. The standard InChI is InChI=1S/C23H37N3O3S/c1-23-10-13-24(2)21(14-18-6-7-19(29-4)15-20(18)23)22(23)25(3)16-17-8-11-26(12-9-17)30(5,27)28/h6-7,15,17,21-22H,8-14,16H2,1-5H3. The largest absolute Gasteiger partial charge is 0.497 e. The number of likely N-dealkylation sites (tertiary alicyclic amines) is 1. The lowest BCUT2D eigenvalue weighted by atomic mass is 9.61. The zero-order valence-electron chi connectivity index (χ0n) is 19.1. The van der Waals surface area contributed by atoms with Crippen LogP contribution in [-0.4, -0.2) is 88.2 Å². The molecule has 2 saturated heterocycles. The fraction of sp³-hybridized carbons (Fsp3) is 0.739. The van der Waals surface area contributed by atoms with Crippen molar-refractivity contribution in [3.8, 4) is 5.75 Å². The second-order valence-electron chi connectivity index (χ2n) is 9.93. The van der Waals surface area contributed by atoms with Gasteiger partial charge in [-0.15, -0.1) is 0 Å². The SMILES string of the molecule is COc1ccc2c(c1)C1(C)CCN(C)C(C2)C1N(C)CC1CCN(S(C)(=O)=O)CC1. The normalized spacial score (nSPS) is 31.0. The monoisotopic (exact) mass is 435 g/mol. The van der Waals surface area contributed by atoms with Crippen molar-refractivity contribution in [2.75, 3.05) is 53.6 Å². The number of sulfonamides is 1. The van der Waals surface area contributed by atoms with E-state index in [0.29, 0.717) is 31.1 Å². The molecule has 0 amide bonds. The number of methoxy groups -OCH3 is 1. The van der Waals surface area contributed by atoms with Crippen LogP contribution in [0.25, 0.3) is 0 Å². The van der Waals surface area contributed by atoms with Gasteiger partial charge in [-0.3, -0.25) is 0 Å². The molecule has 0 radical (unpaired) electrons. The van der Waals surface area contributed by atoms with E-state index in [-0.39, 0.29) is 5.41 Å². The highest BCUT2D eigenvalue weighted by Crippen LogP contribution is 2.47. The molecular weight excluding hydrogens is 398 g/mol. The maximum Gasteiger partial charge on any atom is 0.211 e. The van der Waals surface area contributed by atoms with Crippen LogP contribution in [0, 0.1) is 5.92 Å². The minimum atomic E-state index is -3.07. The first-order valence-corrected chi connectivity index (χ1v) is 13.0. The average molecular weight is 436 g/mol. The molecule has 0 spiro atoms. The molecule has 0 aromatic heterocycles. The van der Waals surface area contributed by atoms with E-state index in [4.69, 9.17) is 4.74 Å². The lowest BCUT2D eigenvalue weighted by Crippen LogP contribution is -2.66. The Hall–Kier alpha value is -1.15. The second-order valence-corrected chi connectivity index (χ2v) is 11.9. The van der Waals surface area contributed by atoms with E-state index >= 15 is 0 Å². The molecule has 3 atom stereocenters. The van der Waals surface area contributed by atoms with Crippen LogP contribution in [0.15, 0.2) is 18.2 Å². The van der Waals surface area contributed by atoms with Gasteiger partial charge in [-0.05, 0) is 75.5 Å². The topological polar surface area (TPSA) is 53.1 Å². The van der Waals surface area contributed by atoms with Crippen LogP contribution in [0.1, 0.15) is 37.3 Å². The smallest absolute Gasteiger partial charge is 0.211 e. The van der Waals surface area contributed by atoms with Crippen molar-refractivity contribution < 1.29 is 13.2 Å². The molecule has 6 nitrogen and oxygen atoms in total. The Morgan fingerprint density at radius 3 is 2.57 bits per heavy atom. The summed E-state index contributed by atoms with van der Waals surface area (Å²) >= 11 is 0. The Kier molecular flexibility index (Phi) is 5.94. The number of fused-ring (bicyclic) bond motifs is 4. The molecule has 1 aliphatic carbocycles. The summed E-state index contributed by atoms with van der Waals surface area (Å²) in [6.45, 7) is 5.90. The van der Waals surface area contributed by atoms with Crippen molar-refractivity contribution in [2.24, 2.45) is 5.92 Å². The van der Waals surface area contributed by atoms with Crippen LogP contribution < -0.4 is 4.74 Å². The highest BCUT2D eigenvalue weighted by atomic mass is 32.2. The second kappa shape index (κ2) is 8.08. The number of hydrogen-bond donors (Lipinski definition) is 0. The van der Waals surface area contributed by atoms with Crippen LogP contribution in [-0.2, 0) is 21.9 Å². The lowest BCUT2D eigenvalue weighted by Gasteiger charge is -2.58. The van der Waals surface area contributed by atoms with Gasteiger partial charge >= 0.3 is 0 Å². The van der Waals surface area contributed by atoms with Gasteiger partial charge in [-0.1, -0.05) is 13.0 Å². The zero-order valence-corrected chi connectivity index (χ0v) is 19.9. The third kappa shape index (κ3) is 3.90. The van der Waals surface area contributed by atoms with Crippen LogP contribution in [0.4, 0.5) is 0 Å². The number of nitrogens with zero attached hydrogens (tertiary/aromatic N) is 3. The number of rotatable bonds is 5. The first-order valence-electron chi connectivity index (χ1n) is 11.2. The maximum absolute atomic E-state index is 11.8. The third-order valence-electron chi connectivity index (χ3n) is 7.99. The first-order chi connectivity index (χ1) is 14.1. The Bertz CT molecular complexity index is 882. The number of likely N-dealkylation sites (N-methyl/N-ethyl adjacent to an activating group) is 2. The molecule has 4 rings (SSSR count). The quantitative estimate of drug-likeness (QED) is 0.710. The molecule has 1 aromatic rings. The minimum absolute atomic E-state index is 0.0987. The van der Waals surface area contributed by atoms with Crippen molar-refractivity contribution in [2.45, 2.75) is 50.1 Å². The van der Waals surface area contributed by atoms with Gasteiger partial charge in [0.25, 0.3) is 0 Å². The third-order valence-corrected chi connectivity index (χ3v) is 9.30. The minimum Gasteiger partial charge on any atom is -0.497 e. The first kappa shape index (κ1) is 22.1. The summed E-state index contributed by atoms with van der Waals surface area (Å²) in [6.07, 6.45) is 5.44. The number of ether oxygens (including phenoxy) is 1. The van der Waals surface area contributed by atoms with Gasteiger partial charge in [0.15, 0.2) is 0 Å². The van der Waals surface area contributed by atoms with Crippen LogP contribution in [0.2, 0.25) is 0 Å². The van der Waals surface area contributed by atoms with Crippen LogP contribution >= 0.6 is 0 Å². The molecule has 2 aliphatic heterocycles. The molecule has 2 heterocycles. The van der Waals surface area contributed by atoms with E-state index in [0.717, 1.165) is 44.5 Å². The summed E-state index contributed by atoms with van der Waals surface area (Å²) in [5.41, 5.74) is 3.01. The van der Waals surface area contributed by atoms with E-state index in [1.807, 2.05) is 0 Å². The zero-order chi connectivity index (χ0) is 21.7. The Morgan fingerprint density at radius 2 is 1.93 bits per heavy atom. The summed E-state index contributed by atoms with van der Waals surface area (Å²) in [6, 6.07) is 7.57. The molecule has 0 N–H and O–H groups in total. The van der Waals surface area contributed by atoms with Gasteiger partial charge in [0.2, 0.25) is 10.0 Å². The van der Waals surface area contributed by atoms with Crippen LogP contribution in [0.5, 0.6) is 5.75 Å². The van der Waals surface area contributed by atoms with E-state index in [1.165, 1.54) is 17.4 Å². The molecule has 1 aromatic carbocycles. The summed E-state index contributed by atoms with van der Waals surface area (Å²) in [7, 11) is 3.23. The van der Waals surface area contributed by atoms with Crippen molar-refractivity contribution in [3.05, 3.63) is 29.3 Å². The summed E-state index contributed by atoms with van der Waals surface area (Å²) in [5, 5.41) is 0. The van der Waals surface area contributed by atoms with Crippen LogP contribution in [0.3, 0.4) is 0 Å². The Labute approximate surface area is 182 Å². The van der Waals surface area contributed by atoms with Gasteiger partial charge < -0.3 is 14.5 Å². The fourth-order valence-corrected chi connectivity index (χ4v) is 7.17. The van der Waals surface area contributed by atoms with E-state index in [9.17, 15) is 8.42 Å². The van der Waals surface area contributed by atoms with Crippen molar-refractivity contribution in [1.29, 1.82) is 0 Å². The molecular formula is C23H37N3O3S. The number of piperidine rings is 2. The molecule has 2 fully saturated rings.